The monoisotopic (exact) mass is 228 g/mol. The largest absolute Gasteiger partial charge is 0.286 e. The van der Waals surface area contributed by atoms with Crippen LogP contribution in [0.4, 0.5) is 0 Å². The number of rotatable bonds is 2. The van der Waals surface area contributed by atoms with Crippen LogP contribution in [0.15, 0.2) is 41.8 Å². The minimum Gasteiger partial charge on any atom is -0.286 e. The lowest BCUT2D eigenvalue weighted by Crippen LogP contribution is -1.99. The Kier molecular flexibility index (Phi) is 2.08. The van der Waals surface area contributed by atoms with Crippen molar-refractivity contribution in [2.75, 3.05) is 0 Å². The maximum atomic E-state index is 12.1. The first-order valence-electron chi connectivity index (χ1n) is 4.87. The van der Waals surface area contributed by atoms with Gasteiger partial charge in [0.05, 0.1) is 10.4 Å². The highest BCUT2D eigenvalue weighted by Crippen LogP contribution is 2.20. The Morgan fingerprint density at radius 3 is 2.88 bits per heavy atom. The van der Waals surface area contributed by atoms with Crippen LogP contribution in [0.5, 0.6) is 0 Å². The molecule has 0 unspecified atom stereocenters. The lowest BCUT2D eigenvalue weighted by molar-refractivity contribution is 0.103. The molecule has 2 heterocycles. The Labute approximate surface area is 95.7 Å². The minimum absolute atomic E-state index is 0.0209. The van der Waals surface area contributed by atoms with Crippen LogP contribution in [-0.2, 0) is 0 Å². The second-order valence-corrected chi connectivity index (χ2v) is 4.37. The molecule has 3 aromatic rings. The van der Waals surface area contributed by atoms with Gasteiger partial charge in [0.15, 0.2) is 0 Å². The molecule has 0 saturated heterocycles. The Bertz CT molecular complexity index is 640. The fourth-order valence-corrected chi connectivity index (χ4v) is 2.33. The van der Waals surface area contributed by atoms with Gasteiger partial charge in [0, 0.05) is 5.39 Å². The van der Waals surface area contributed by atoms with Crippen molar-refractivity contribution in [1.29, 1.82) is 0 Å². The summed E-state index contributed by atoms with van der Waals surface area (Å²) in [7, 11) is 0. The van der Waals surface area contributed by atoms with Gasteiger partial charge in [-0.2, -0.15) is 5.10 Å². The normalized spacial score (nSPS) is 10.8. The zero-order valence-electron chi connectivity index (χ0n) is 8.31. The van der Waals surface area contributed by atoms with Crippen molar-refractivity contribution < 1.29 is 4.79 Å². The van der Waals surface area contributed by atoms with E-state index in [0.717, 1.165) is 15.8 Å². The maximum absolute atomic E-state index is 12.1. The summed E-state index contributed by atoms with van der Waals surface area (Å²) in [5.74, 6) is -0.0209. The minimum atomic E-state index is -0.0209. The highest BCUT2D eigenvalue weighted by atomic mass is 32.1. The van der Waals surface area contributed by atoms with E-state index in [1.165, 1.54) is 11.3 Å². The van der Waals surface area contributed by atoms with Crippen LogP contribution in [0.1, 0.15) is 15.4 Å². The number of carbonyl (C=O) groups excluding carboxylic acids is 1. The number of ketones is 1. The number of fused-ring (bicyclic) bond motifs is 1. The molecular formula is C12H8N2OS. The van der Waals surface area contributed by atoms with Gasteiger partial charge in [0.25, 0.3) is 0 Å². The van der Waals surface area contributed by atoms with Gasteiger partial charge < -0.3 is 0 Å². The van der Waals surface area contributed by atoms with E-state index >= 15 is 0 Å². The predicted octanol–water partition coefficient (Wildman–Crippen LogP) is 2.86. The van der Waals surface area contributed by atoms with Gasteiger partial charge >= 0.3 is 0 Å². The molecule has 0 atom stereocenters. The number of thiophene rings is 1. The third-order valence-corrected chi connectivity index (χ3v) is 3.30. The first-order chi connectivity index (χ1) is 7.86. The van der Waals surface area contributed by atoms with Crippen LogP contribution in [0.3, 0.4) is 0 Å². The average molecular weight is 228 g/mol. The summed E-state index contributed by atoms with van der Waals surface area (Å²) in [5, 5.41) is 9.71. The number of aromatic amines is 1. The fraction of sp³-hybridized carbons (Fsp3) is 0. The van der Waals surface area contributed by atoms with Gasteiger partial charge in [-0.1, -0.05) is 24.3 Å². The summed E-state index contributed by atoms with van der Waals surface area (Å²) >= 11 is 1.43. The SMILES string of the molecule is O=C(c1cccs1)c1n[nH]c2ccccc12. The molecule has 0 saturated carbocycles. The third kappa shape index (κ3) is 1.35. The van der Waals surface area contributed by atoms with Gasteiger partial charge in [-0.15, -0.1) is 11.3 Å². The summed E-state index contributed by atoms with van der Waals surface area (Å²) in [6.45, 7) is 0. The van der Waals surface area contributed by atoms with E-state index in [2.05, 4.69) is 10.2 Å². The Morgan fingerprint density at radius 2 is 2.06 bits per heavy atom. The summed E-state index contributed by atoms with van der Waals surface area (Å²) < 4.78 is 0. The number of carbonyl (C=O) groups is 1. The number of hydrogen-bond acceptors (Lipinski definition) is 3. The van der Waals surface area contributed by atoms with E-state index in [1.54, 1.807) is 0 Å². The topological polar surface area (TPSA) is 45.8 Å². The number of para-hydroxylation sites is 1. The van der Waals surface area contributed by atoms with Crippen LogP contribution in [0.2, 0.25) is 0 Å². The number of benzene rings is 1. The van der Waals surface area contributed by atoms with E-state index in [-0.39, 0.29) is 5.78 Å². The molecule has 0 spiro atoms. The first kappa shape index (κ1) is 9.30. The lowest BCUT2D eigenvalue weighted by atomic mass is 10.1. The van der Waals surface area contributed by atoms with E-state index in [0.29, 0.717) is 5.69 Å². The fourth-order valence-electron chi connectivity index (χ4n) is 1.66. The standard InChI is InChI=1S/C12H8N2OS/c15-12(10-6-3-7-16-10)11-8-4-1-2-5-9(8)13-14-11/h1-7H,(H,13,14). The summed E-state index contributed by atoms with van der Waals surface area (Å²) in [5.41, 5.74) is 1.39. The molecular weight excluding hydrogens is 220 g/mol. The Hall–Kier alpha value is -1.94. The van der Waals surface area contributed by atoms with Gasteiger partial charge in [-0.25, -0.2) is 0 Å². The van der Waals surface area contributed by atoms with Gasteiger partial charge in [0.1, 0.15) is 5.69 Å². The molecule has 0 aliphatic heterocycles. The van der Waals surface area contributed by atoms with E-state index < -0.39 is 0 Å². The molecule has 1 aromatic carbocycles. The molecule has 16 heavy (non-hydrogen) atoms. The summed E-state index contributed by atoms with van der Waals surface area (Å²) in [6.07, 6.45) is 0. The predicted molar refractivity (Wildman–Crippen MR) is 63.8 cm³/mol. The third-order valence-electron chi connectivity index (χ3n) is 2.43. The van der Waals surface area contributed by atoms with Crippen molar-refractivity contribution in [3.63, 3.8) is 0 Å². The van der Waals surface area contributed by atoms with Crippen molar-refractivity contribution in [2.24, 2.45) is 0 Å². The van der Waals surface area contributed by atoms with E-state index in [9.17, 15) is 4.79 Å². The van der Waals surface area contributed by atoms with Crippen molar-refractivity contribution in [3.05, 3.63) is 52.3 Å². The van der Waals surface area contributed by atoms with Crippen LogP contribution < -0.4 is 0 Å². The van der Waals surface area contributed by atoms with Crippen LogP contribution in [0.25, 0.3) is 10.9 Å². The van der Waals surface area contributed by atoms with Gasteiger partial charge in [-0.05, 0) is 17.5 Å². The second-order valence-electron chi connectivity index (χ2n) is 3.42. The highest BCUT2D eigenvalue weighted by molar-refractivity contribution is 7.12. The molecule has 0 aliphatic rings. The molecule has 4 heteroatoms. The Morgan fingerprint density at radius 1 is 1.19 bits per heavy atom. The molecule has 3 nitrogen and oxygen atoms in total. The average Bonchev–Trinajstić information content (AvgIpc) is 2.98. The number of H-pyrrole nitrogens is 1. The molecule has 78 valence electrons. The zero-order valence-corrected chi connectivity index (χ0v) is 9.12. The smallest absolute Gasteiger partial charge is 0.223 e. The number of nitrogens with zero attached hydrogens (tertiary/aromatic N) is 1. The molecule has 3 rings (SSSR count). The molecule has 0 radical (unpaired) electrons. The Balaban J connectivity index is 2.16. The van der Waals surface area contributed by atoms with Crippen LogP contribution in [-0.4, -0.2) is 16.0 Å². The van der Waals surface area contributed by atoms with Gasteiger partial charge in [0.2, 0.25) is 5.78 Å². The lowest BCUT2D eigenvalue weighted by Gasteiger charge is -1.93. The number of hydrogen-bond donors (Lipinski definition) is 1. The van der Waals surface area contributed by atoms with Crippen molar-refractivity contribution in [2.45, 2.75) is 0 Å². The molecule has 0 amide bonds. The van der Waals surface area contributed by atoms with Gasteiger partial charge in [-0.3, -0.25) is 9.89 Å². The first-order valence-corrected chi connectivity index (χ1v) is 5.75. The summed E-state index contributed by atoms with van der Waals surface area (Å²) in [4.78, 5) is 12.8. The highest BCUT2D eigenvalue weighted by Gasteiger charge is 2.16. The maximum Gasteiger partial charge on any atom is 0.223 e. The van der Waals surface area contributed by atoms with Crippen molar-refractivity contribution in [3.8, 4) is 0 Å². The molecule has 0 fully saturated rings. The molecule has 1 N–H and O–H groups in total. The second kappa shape index (κ2) is 3.57. The van der Waals surface area contributed by atoms with E-state index in [1.807, 2.05) is 41.8 Å². The zero-order chi connectivity index (χ0) is 11.0. The van der Waals surface area contributed by atoms with Crippen LogP contribution >= 0.6 is 11.3 Å². The molecule has 0 bridgehead atoms. The molecule has 2 aromatic heterocycles. The number of nitrogens with one attached hydrogen (secondary N) is 1. The summed E-state index contributed by atoms with van der Waals surface area (Å²) in [6, 6.07) is 11.3. The van der Waals surface area contributed by atoms with Crippen LogP contribution in [0, 0.1) is 0 Å². The van der Waals surface area contributed by atoms with E-state index in [4.69, 9.17) is 0 Å². The molecule has 0 aliphatic carbocycles. The quantitative estimate of drug-likeness (QED) is 0.685. The number of aromatic nitrogens is 2. The van der Waals surface area contributed by atoms with Crippen molar-refractivity contribution in [1.82, 2.24) is 10.2 Å². The van der Waals surface area contributed by atoms with Crippen molar-refractivity contribution >= 4 is 28.0 Å².